The van der Waals surface area contributed by atoms with Crippen LogP contribution in [0, 0.1) is 6.92 Å². The second kappa shape index (κ2) is 5.51. The average Bonchev–Trinajstić information content (AvgIpc) is 2.22. The molecule has 0 saturated heterocycles. The summed E-state index contributed by atoms with van der Waals surface area (Å²) in [7, 11) is 0. The SMILES string of the molecule is CCOC(=O)C(O)Cc1ccc(C)cc1. The third kappa shape index (κ3) is 3.72. The van der Waals surface area contributed by atoms with Gasteiger partial charge in [0.2, 0.25) is 0 Å². The minimum atomic E-state index is -1.06. The standard InChI is InChI=1S/C12H16O3/c1-3-15-12(14)11(13)8-10-6-4-9(2)5-7-10/h4-7,11,13H,3,8H2,1-2H3. The van der Waals surface area contributed by atoms with Gasteiger partial charge in [-0.3, -0.25) is 0 Å². The zero-order valence-electron chi connectivity index (χ0n) is 9.06. The second-order valence-electron chi connectivity index (χ2n) is 3.46. The van der Waals surface area contributed by atoms with E-state index in [0.29, 0.717) is 13.0 Å². The van der Waals surface area contributed by atoms with Crippen LogP contribution in [-0.2, 0) is 16.0 Å². The Morgan fingerprint density at radius 1 is 1.40 bits per heavy atom. The van der Waals surface area contributed by atoms with Crippen LogP contribution in [0.4, 0.5) is 0 Å². The molecule has 1 rings (SSSR count). The van der Waals surface area contributed by atoms with Crippen molar-refractivity contribution in [2.24, 2.45) is 0 Å². The van der Waals surface area contributed by atoms with Crippen molar-refractivity contribution in [3.05, 3.63) is 35.4 Å². The molecular formula is C12H16O3. The van der Waals surface area contributed by atoms with Gasteiger partial charge >= 0.3 is 5.97 Å². The summed E-state index contributed by atoms with van der Waals surface area (Å²) in [6.07, 6.45) is -0.758. The Morgan fingerprint density at radius 2 is 2.00 bits per heavy atom. The Balaban J connectivity index is 2.54. The molecule has 0 spiro atoms. The topological polar surface area (TPSA) is 46.5 Å². The minimum absolute atomic E-state index is 0.295. The summed E-state index contributed by atoms with van der Waals surface area (Å²) in [6.45, 7) is 4.01. The molecule has 1 aromatic rings. The van der Waals surface area contributed by atoms with Crippen molar-refractivity contribution >= 4 is 5.97 Å². The van der Waals surface area contributed by atoms with E-state index in [1.54, 1.807) is 6.92 Å². The van der Waals surface area contributed by atoms with Gasteiger partial charge < -0.3 is 9.84 Å². The first-order chi connectivity index (χ1) is 7.13. The van der Waals surface area contributed by atoms with Crippen molar-refractivity contribution < 1.29 is 14.6 Å². The normalized spacial score (nSPS) is 12.2. The van der Waals surface area contributed by atoms with E-state index in [2.05, 4.69) is 0 Å². The van der Waals surface area contributed by atoms with Crippen LogP contribution in [0.15, 0.2) is 24.3 Å². The molecular weight excluding hydrogens is 192 g/mol. The van der Waals surface area contributed by atoms with Gasteiger partial charge in [0.1, 0.15) is 0 Å². The van der Waals surface area contributed by atoms with Gasteiger partial charge in [0.15, 0.2) is 6.10 Å². The first-order valence-corrected chi connectivity index (χ1v) is 5.03. The lowest BCUT2D eigenvalue weighted by molar-refractivity contribution is -0.152. The van der Waals surface area contributed by atoms with Gasteiger partial charge in [-0.2, -0.15) is 0 Å². The summed E-state index contributed by atoms with van der Waals surface area (Å²) in [4.78, 5) is 11.1. The van der Waals surface area contributed by atoms with Crippen molar-refractivity contribution in [2.75, 3.05) is 6.61 Å². The molecule has 1 aromatic carbocycles. The molecule has 3 heteroatoms. The highest BCUT2D eigenvalue weighted by Crippen LogP contribution is 2.06. The van der Waals surface area contributed by atoms with Crippen LogP contribution in [0.2, 0.25) is 0 Å². The van der Waals surface area contributed by atoms with E-state index in [1.165, 1.54) is 0 Å². The highest BCUT2D eigenvalue weighted by atomic mass is 16.5. The highest BCUT2D eigenvalue weighted by Gasteiger charge is 2.16. The Kier molecular flexibility index (Phi) is 4.31. The van der Waals surface area contributed by atoms with Crippen LogP contribution in [0.1, 0.15) is 18.1 Å². The molecule has 0 radical (unpaired) electrons. The quantitative estimate of drug-likeness (QED) is 0.762. The van der Waals surface area contributed by atoms with Crippen molar-refractivity contribution in [2.45, 2.75) is 26.4 Å². The van der Waals surface area contributed by atoms with E-state index in [4.69, 9.17) is 4.74 Å². The predicted molar refractivity (Wildman–Crippen MR) is 57.5 cm³/mol. The van der Waals surface area contributed by atoms with Crippen LogP contribution < -0.4 is 0 Å². The monoisotopic (exact) mass is 208 g/mol. The van der Waals surface area contributed by atoms with E-state index in [1.807, 2.05) is 31.2 Å². The van der Waals surface area contributed by atoms with Crippen LogP contribution in [-0.4, -0.2) is 23.8 Å². The molecule has 0 saturated carbocycles. The lowest BCUT2D eigenvalue weighted by atomic mass is 10.1. The molecule has 0 heterocycles. The minimum Gasteiger partial charge on any atom is -0.464 e. The zero-order chi connectivity index (χ0) is 11.3. The second-order valence-corrected chi connectivity index (χ2v) is 3.46. The Hall–Kier alpha value is -1.35. The van der Waals surface area contributed by atoms with Gasteiger partial charge in [0.05, 0.1) is 6.61 Å². The average molecular weight is 208 g/mol. The molecule has 82 valence electrons. The van der Waals surface area contributed by atoms with Gasteiger partial charge in [-0.1, -0.05) is 29.8 Å². The maximum absolute atomic E-state index is 11.1. The van der Waals surface area contributed by atoms with Crippen LogP contribution in [0.5, 0.6) is 0 Å². The first kappa shape index (κ1) is 11.7. The molecule has 1 N–H and O–H groups in total. The molecule has 0 bridgehead atoms. The molecule has 0 aliphatic heterocycles. The summed E-state index contributed by atoms with van der Waals surface area (Å²) in [6, 6.07) is 7.70. The van der Waals surface area contributed by atoms with Gasteiger partial charge in [-0.25, -0.2) is 4.79 Å². The fourth-order valence-corrected chi connectivity index (χ4v) is 1.27. The largest absolute Gasteiger partial charge is 0.464 e. The number of hydrogen-bond acceptors (Lipinski definition) is 3. The third-order valence-electron chi connectivity index (χ3n) is 2.11. The van der Waals surface area contributed by atoms with E-state index in [-0.39, 0.29) is 0 Å². The Labute approximate surface area is 89.7 Å². The number of ether oxygens (including phenoxy) is 1. The van der Waals surface area contributed by atoms with E-state index in [9.17, 15) is 9.90 Å². The van der Waals surface area contributed by atoms with Crippen molar-refractivity contribution in [3.63, 3.8) is 0 Å². The molecule has 15 heavy (non-hydrogen) atoms. The molecule has 1 unspecified atom stereocenters. The fraction of sp³-hybridized carbons (Fsp3) is 0.417. The highest BCUT2D eigenvalue weighted by molar-refractivity contribution is 5.74. The van der Waals surface area contributed by atoms with Gasteiger partial charge in [-0.05, 0) is 19.4 Å². The van der Waals surface area contributed by atoms with Gasteiger partial charge in [-0.15, -0.1) is 0 Å². The molecule has 0 aliphatic rings. The van der Waals surface area contributed by atoms with Crippen LogP contribution in [0.25, 0.3) is 0 Å². The van der Waals surface area contributed by atoms with Crippen molar-refractivity contribution in [3.8, 4) is 0 Å². The number of hydrogen-bond donors (Lipinski definition) is 1. The lowest BCUT2D eigenvalue weighted by Crippen LogP contribution is -2.25. The zero-order valence-corrected chi connectivity index (χ0v) is 9.06. The number of aryl methyl sites for hydroxylation is 1. The maximum atomic E-state index is 11.1. The number of esters is 1. The summed E-state index contributed by atoms with van der Waals surface area (Å²) in [5.74, 6) is -0.557. The molecule has 1 atom stereocenters. The van der Waals surface area contributed by atoms with Crippen molar-refractivity contribution in [1.82, 2.24) is 0 Å². The fourth-order valence-electron chi connectivity index (χ4n) is 1.27. The number of rotatable bonds is 4. The molecule has 0 aliphatic carbocycles. The van der Waals surface area contributed by atoms with E-state index < -0.39 is 12.1 Å². The molecule has 0 fully saturated rings. The smallest absolute Gasteiger partial charge is 0.335 e. The number of carbonyl (C=O) groups excluding carboxylic acids is 1. The summed E-state index contributed by atoms with van der Waals surface area (Å²) in [5, 5.41) is 9.50. The number of carbonyl (C=O) groups is 1. The number of aliphatic hydroxyl groups is 1. The van der Waals surface area contributed by atoms with E-state index >= 15 is 0 Å². The summed E-state index contributed by atoms with van der Waals surface area (Å²) in [5.41, 5.74) is 2.09. The Morgan fingerprint density at radius 3 is 2.53 bits per heavy atom. The van der Waals surface area contributed by atoms with Gasteiger partial charge in [0, 0.05) is 6.42 Å². The molecule has 0 aromatic heterocycles. The molecule has 3 nitrogen and oxygen atoms in total. The maximum Gasteiger partial charge on any atom is 0.335 e. The van der Waals surface area contributed by atoms with Gasteiger partial charge in [0.25, 0.3) is 0 Å². The lowest BCUT2D eigenvalue weighted by Gasteiger charge is -2.09. The third-order valence-corrected chi connectivity index (χ3v) is 2.11. The van der Waals surface area contributed by atoms with E-state index in [0.717, 1.165) is 11.1 Å². The number of benzene rings is 1. The van der Waals surface area contributed by atoms with Crippen LogP contribution in [0.3, 0.4) is 0 Å². The molecule has 0 amide bonds. The van der Waals surface area contributed by atoms with Crippen molar-refractivity contribution in [1.29, 1.82) is 0 Å². The van der Waals surface area contributed by atoms with Crippen LogP contribution >= 0.6 is 0 Å². The Bertz CT molecular complexity index is 316. The summed E-state index contributed by atoms with van der Waals surface area (Å²) >= 11 is 0. The summed E-state index contributed by atoms with van der Waals surface area (Å²) < 4.78 is 4.71. The number of aliphatic hydroxyl groups excluding tert-OH is 1. The predicted octanol–water partition coefficient (Wildman–Crippen LogP) is 1.46. The first-order valence-electron chi connectivity index (χ1n) is 5.03.